The molecule has 0 amide bonds. The molecule has 0 heterocycles. The maximum absolute atomic E-state index is 13.6. The van der Waals surface area contributed by atoms with Crippen molar-refractivity contribution in [3.8, 4) is 0 Å². The van der Waals surface area contributed by atoms with Crippen LogP contribution in [-0.2, 0) is 15.5 Å². The summed E-state index contributed by atoms with van der Waals surface area (Å²) in [6.07, 6.45) is 3.05. The number of carbonyl (C=O) groups excluding carboxylic acids is 1. The number of esters is 1. The van der Waals surface area contributed by atoms with Gasteiger partial charge in [0.15, 0.2) is 0 Å². The van der Waals surface area contributed by atoms with E-state index in [2.05, 4.69) is 20.8 Å². The van der Waals surface area contributed by atoms with Gasteiger partial charge in [-0.15, -0.1) is 0 Å². The predicted octanol–water partition coefficient (Wildman–Crippen LogP) is 6.62. The first kappa shape index (κ1) is 21.8. The van der Waals surface area contributed by atoms with Crippen molar-refractivity contribution in [2.24, 2.45) is 17.8 Å². The SMILES string of the molecule is CC(C)[C@@H]1CC[C@@H](C)C[C@H]1OC(=O)c1ccc2ccccc2c1S(=O)c1ccccc1. The number of hydrogen-bond donors (Lipinski definition) is 0. The topological polar surface area (TPSA) is 43.4 Å². The van der Waals surface area contributed by atoms with Crippen LogP contribution in [0.25, 0.3) is 10.8 Å². The fourth-order valence-electron chi connectivity index (χ4n) is 4.72. The van der Waals surface area contributed by atoms with Gasteiger partial charge in [-0.25, -0.2) is 9.00 Å². The highest BCUT2D eigenvalue weighted by atomic mass is 32.2. The highest BCUT2D eigenvalue weighted by Gasteiger charge is 2.34. The zero-order chi connectivity index (χ0) is 22.0. The molecule has 4 atom stereocenters. The van der Waals surface area contributed by atoms with Crippen LogP contribution in [0.1, 0.15) is 50.4 Å². The van der Waals surface area contributed by atoms with Crippen molar-refractivity contribution in [2.45, 2.75) is 55.9 Å². The van der Waals surface area contributed by atoms with Gasteiger partial charge in [0.05, 0.1) is 21.3 Å². The average Bonchev–Trinajstić information content (AvgIpc) is 2.78. The van der Waals surface area contributed by atoms with E-state index >= 15 is 0 Å². The molecule has 31 heavy (non-hydrogen) atoms. The minimum atomic E-state index is -1.49. The molecule has 162 valence electrons. The van der Waals surface area contributed by atoms with Gasteiger partial charge >= 0.3 is 5.97 Å². The highest BCUT2D eigenvalue weighted by molar-refractivity contribution is 7.85. The summed E-state index contributed by atoms with van der Waals surface area (Å²) < 4.78 is 19.7. The van der Waals surface area contributed by atoms with E-state index in [1.54, 1.807) is 6.07 Å². The molecule has 3 aromatic rings. The summed E-state index contributed by atoms with van der Waals surface area (Å²) in [5.74, 6) is 1.00. The van der Waals surface area contributed by atoms with Crippen molar-refractivity contribution in [3.05, 3.63) is 72.3 Å². The molecule has 0 saturated heterocycles. The molecule has 4 rings (SSSR count). The molecule has 0 aliphatic heterocycles. The minimum absolute atomic E-state index is 0.0965. The van der Waals surface area contributed by atoms with Gasteiger partial charge in [-0.1, -0.05) is 75.7 Å². The summed E-state index contributed by atoms with van der Waals surface area (Å²) >= 11 is 0. The molecule has 0 N–H and O–H groups in total. The van der Waals surface area contributed by atoms with Crippen molar-refractivity contribution in [1.29, 1.82) is 0 Å². The summed E-state index contributed by atoms with van der Waals surface area (Å²) in [6, 6.07) is 20.8. The van der Waals surface area contributed by atoms with E-state index in [0.717, 1.165) is 23.6 Å². The third-order valence-corrected chi connectivity index (χ3v) is 7.97. The summed E-state index contributed by atoms with van der Waals surface area (Å²) in [5, 5.41) is 1.79. The van der Waals surface area contributed by atoms with Crippen LogP contribution in [0.4, 0.5) is 0 Å². The van der Waals surface area contributed by atoms with Gasteiger partial charge in [-0.3, -0.25) is 0 Å². The molecule has 4 heteroatoms. The summed E-state index contributed by atoms with van der Waals surface area (Å²) in [4.78, 5) is 14.7. The zero-order valence-corrected chi connectivity index (χ0v) is 19.2. The lowest BCUT2D eigenvalue weighted by Crippen LogP contribution is -2.36. The van der Waals surface area contributed by atoms with Crippen LogP contribution in [0.2, 0.25) is 0 Å². The first-order chi connectivity index (χ1) is 15.0. The fourth-order valence-corrected chi connectivity index (χ4v) is 6.09. The number of carbonyl (C=O) groups is 1. The second-order valence-corrected chi connectivity index (χ2v) is 10.4. The Hall–Kier alpha value is -2.46. The quantitative estimate of drug-likeness (QED) is 0.424. The smallest absolute Gasteiger partial charge is 0.339 e. The first-order valence-corrected chi connectivity index (χ1v) is 12.3. The molecule has 0 radical (unpaired) electrons. The number of hydrogen-bond acceptors (Lipinski definition) is 3. The van der Waals surface area contributed by atoms with Crippen molar-refractivity contribution in [1.82, 2.24) is 0 Å². The van der Waals surface area contributed by atoms with Gasteiger partial charge in [-0.2, -0.15) is 0 Å². The average molecular weight is 435 g/mol. The predicted molar refractivity (Wildman–Crippen MR) is 126 cm³/mol. The van der Waals surface area contributed by atoms with Gasteiger partial charge in [0, 0.05) is 4.90 Å². The van der Waals surface area contributed by atoms with Crippen LogP contribution in [0.5, 0.6) is 0 Å². The molecule has 3 aromatic carbocycles. The third-order valence-electron chi connectivity index (χ3n) is 6.46. The second-order valence-electron chi connectivity index (χ2n) is 9.02. The van der Waals surface area contributed by atoms with E-state index in [1.807, 2.05) is 60.7 Å². The Balaban J connectivity index is 1.75. The van der Waals surface area contributed by atoms with Gasteiger partial charge in [0.25, 0.3) is 0 Å². The Bertz CT molecular complexity index is 1090. The van der Waals surface area contributed by atoms with Gasteiger partial charge < -0.3 is 4.74 Å². The van der Waals surface area contributed by atoms with E-state index in [-0.39, 0.29) is 12.1 Å². The summed E-state index contributed by atoms with van der Waals surface area (Å²) in [7, 11) is -1.49. The Morgan fingerprint density at radius 1 is 0.968 bits per heavy atom. The van der Waals surface area contributed by atoms with Crippen LogP contribution in [-0.4, -0.2) is 16.3 Å². The standard InChI is InChI=1S/C27H30O3S/c1-18(2)22-15-13-19(3)17-25(22)30-27(28)24-16-14-20-9-7-8-12-23(20)26(24)31(29)21-10-5-4-6-11-21/h4-12,14,16,18-19,22,25H,13,15,17H2,1-3H3/t19-,22+,25-,31?/m1/s1. The minimum Gasteiger partial charge on any atom is -0.458 e. The van der Waals surface area contributed by atoms with E-state index in [9.17, 15) is 9.00 Å². The lowest BCUT2D eigenvalue weighted by atomic mass is 9.75. The summed E-state index contributed by atoms with van der Waals surface area (Å²) in [5.41, 5.74) is 0.404. The Morgan fingerprint density at radius 2 is 1.68 bits per heavy atom. The van der Waals surface area contributed by atoms with E-state index < -0.39 is 10.8 Å². The summed E-state index contributed by atoms with van der Waals surface area (Å²) in [6.45, 7) is 6.63. The molecule has 1 aliphatic rings. The first-order valence-electron chi connectivity index (χ1n) is 11.1. The molecular formula is C27H30O3S. The number of benzene rings is 3. The fraction of sp³-hybridized carbons (Fsp3) is 0.370. The molecule has 1 fully saturated rings. The maximum Gasteiger partial charge on any atom is 0.339 e. The monoisotopic (exact) mass is 434 g/mol. The van der Waals surface area contributed by atoms with Gasteiger partial charge in [0.2, 0.25) is 0 Å². The number of ether oxygens (including phenoxy) is 1. The van der Waals surface area contributed by atoms with Gasteiger partial charge in [0.1, 0.15) is 6.10 Å². The lowest BCUT2D eigenvalue weighted by Gasteiger charge is -2.36. The lowest BCUT2D eigenvalue weighted by molar-refractivity contribution is -0.0176. The highest BCUT2D eigenvalue weighted by Crippen LogP contribution is 2.37. The van der Waals surface area contributed by atoms with Gasteiger partial charge in [-0.05, 0) is 59.6 Å². The Kier molecular flexibility index (Phi) is 6.57. The zero-order valence-electron chi connectivity index (χ0n) is 18.4. The maximum atomic E-state index is 13.6. The second kappa shape index (κ2) is 9.35. The largest absolute Gasteiger partial charge is 0.458 e. The van der Waals surface area contributed by atoms with Crippen LogP contribution in [0, 0.1) is 17.8 Å². The molecule has 0 spiro atoms. The van der Waals surface area contributed by atoms with Crippen LogP contribution in [0.15, 0.2) is 76.5 Å². The third kappa shape index (κ3) is 4.59. The van der Waals surface area contributed by atoms with E-state index in [0.29, 0.717) is 33.1 Å². The van der Waals surface area contributed by atoms with E-state index in [4.69, 9.17) is 4.74 Å². The molecule has 0 aromatic heterocycles. The van der Waals surface area contributed by atoms with Crippen molar-refractivity contribution in [3.63, 3.8) is 0 Å². The number of fused-ring (bicyclic) bond motifs is 1. The molecule has 1 aliphatic carbocycles. The van der Waals surface area contributed by atoms with E-state index in [1.165, 1.54) is 6.42 Å². The van der Waals surface area contributed by atoms with Crippen LogP contribution in [0.3, 0.4) is 0 Å². The van der Waals surface area contributed by atoms with Crippen molar-refractivity contribution < 1.29 is 13.7 Å². The molecule has 1 saturated carbocycles. The normalized spacial score (nSPS) is 22.4. The van der Waals surface area contributed by atoms with Crippen LogP contribution < -0.4 is 0 Å². The van der Waals surface area contributed by atoms with Crippen molar-refractivity contribution in [2.75, 3.05) is 0 Å². The number of rotatable bonds is 5. The Morgan fingerprint density at radius 3 is 2.42 bits per heavy atom. The molecule has 1 unspecified atom stereocenters. The Labute approximate surface area is 187 Å². The van der Waals surface area contributed by atoms with Crippen LogP contribution >= 0.6 is 0 Å². The molecule has 3 nitrogen and oxygen atoms in total. The molecular weight excluding hydrogens is 404 g/mol. The molecule has 0 bridgehead atoms. The van der Waals surface area contributed by atoms with Crippen molar-refractivity contribution >= 4 is 27.5 Å².